The van der Waals surface area contributed by atoms with Crippen molar-refractivity contribution in [2.45, 2.75) is 12.5 Å². The van der Waals surface area contributed by atoms with Gasteiger partial charge in [0.25, 0.3) is 0 Å². The quantitative estimate of drug-likeness (QED) is 0.759. The van der Waals surface area contributed by atoms with Crippen LogP contribution in [0.5, 0.6) is 0 Å². The third-order valence-electron chi connectivity index (χ3n) is 2.81. The molecule has 3 nitrogen and oxygen atoms in total. The van der Waals surface area contributed by atoms with Gasteiger partial charge in [0.1, 0.15) is 6.33 Å². The number of aliphatic hydroxyl groups is 1. The van der Waals surface area contributed by atoms with Crippen LogP contribution in [0.25, 0.3) is 11.1 Å². The molecule has 3 rings (SSSR count). The molecule has 0 radical (unpaired) electrons. The van der Waals surface area contributed by atoms with E-state index < -0.39 is 0 Å². The average Bonchev–Trinajstić information content (AvgIpc) is 2.28. The first kappa shape index (κ1) is 8.56. The molecule has 0 saturated carbocycles. The van der Waals surface area contributed by atoms with Gasteiger partial charge in [-0.25, -0.2) is 9.97 Å². The van der Waals surface area contributed by atoms with Gasteiger partial charge in [-0.15, -0.1) is 0 Å². The fraction of sp³-hybridized carbons (Fsp3) is 0.167. The number of benzene rings is 1. The molecule has 1 aromatic heterocycles. The molecular weight excluding hydrogens is 188 g/mol. The van der Waals surface area contributed by atoms with E-state index in [1.165, 1.54) is 11.9 Å². The van der Waals surface area contributed by atoms with E-state index in [0.717, 1.165) is 23.1 Å². The number of hydrogen-bond acceptors (Lipinski definition) is 3. The molecule has 0 amide bonds. The smallest absolute Gasteiger partial charge is 0.115 e. The standard InChI is InChI=1S/C12H10N2O/c15-11-4-8-2-1-3-10(12(8)11)9-5-13-7-14-6-9/h1-3,5-7,11,15H,4H2. The molecule has 74 valence electrons. The Hall–Kier alpha value is -1.74. The number of nitrogens with zero attached hydrogens (tertiary/aromatic N) is 2. The zero-order valence-corrected chi connectivity index (χ0v) is 8.09. The van der Waals surface area contributed by atoms with Gasteiger partial charge in [-0.2, -0.15) is 0 Å². The predicted octanol–water partition coefficient (Wildman–Crippen LogP) is 1.73. The highest BCUT2D eigenvalue weighted by molar-refractivity contribution is 5.70. The monoisotopic (exact) mass is 198 g/mol. The Labute approximate surface area is 87.4 Å². The molecule has 1 heterocycles. The van der Waals surface area contributed by atoms with Crippen molar-refractivity contribution < 1.29 is 5.11 Å². The molecule has 0 saturated heterocycles. The molecule has 0 aliphatic heterocycles. The molecule has 3 heteroatoms. The summed E-state index contributed by atoms with van der Waals surface area (Å²) in [5.41, 5.74) is 4.27. The van der Waals surface area contributed by atoms with Gasteiger partial charge in [0.15, 0.2) is 0 Å². The van der Waals surface area contributed by atoms with Crippen LogP contribution in [0.4, 0.5) is 0 Å². The molecule has 1 unspecified atom stereocenters. The summed E-state index contributed by atoms with van der Waals surface area (Å²) in [6.07, 6.45) is 5.49. The minimum atomic E-state index is -0.323. The second-order valence-corrected chi connectivity index (χ2v) is 3.73. The minimum Gasteiger partial charge on any atom is -0.388 e. The lowest BCUT2D eigenvalue weighted by atomic mass is 9.80. The van der Waals surface area contributed by atoms with Crippen LogP contribution in [-0.2, 0) is 6.42 Å². The summed E-state index contributed by atoms with van der Waals surface area (Å²) in [5.74, 6) is 0. The van der Waals surface area contributed by atoms with Crippen molar-refractivity contribution in [2.24, 2.45) is 0 Å². The SMILES string of the molecule is OC1Cc2cccc(-c3cncnc3)c21. The van der Waals surface area contributed by atoms with E-state index in [0.29, 0.717) is 0 Å². The number of rotatable bonds is 1. The highest BCUT2D eigenvalue weighted by Gasteiger charge is 2.27. The van der Waals surface area contributed by atoms with Gasteiger partial charge in [-0.3, -0.25) is 0 Å². The average molecular weight is 198 g/mol. The van der Waals surface area contributed by atoms with Crippen LogP contribution in [0.15, 0.2) is 36.9 Å². The molecule has 1 aliphatic carbocycles. The van der Waals surface area contributed by atoms with Crippen molar-refractivity contribution in [1.82, 2.24) is 9.97 Å². The maximum absolute atomic E-state index is 9.70. The lowest BCUT2D eigenvalue weighted by Crippen LogP contribution is -2.17. The van der Waals surface area contributed by atoms with Gasteiger partial charge in [0.05, 0.1) is 6.10 Å². The summed E-state index contributed by atoms with van der Waals surface area (Å²) in [6, 6.07) is 6.06. The first-order valence-electron chi connectivity index (χ1n) is 4.91. The van der Waals surface area contributed by atoms with Crippen LogP contribution in [0, 0.1) is 0 Å². The minimum absolute atomic E-state index is 0.323. The van der Waals surface area contributed by atoms with Crippen LogP contribution in [0.3, 0.4) is 0 Å². The Balaban J connectivity index is 2.18. The summed E-state index contributed by atoms with van der Waals surface area (Å²) in [5, 5.41) is 9.70. The van der Waals surface area contributed by atoms with Crippen molar-refractivity contribution in [2.75, 3.05) is 0 Å². The van der Waals surface area contributed by atoms with Crippen molar-refractivity contribution in [3.05, 3.63) is 48.0 Å². The lowest BCUT2D eigenvalue weighted by molar-refractivity contribution is 0.154. The summed E-state index contributed by atoms with van der Waals surface area (Å²) < 4.78 is 0. The van der Waals surface area contributed by atoms with Crippen molar-refractivity contribution in [1.29, 1.82) is 0 Å². The third kappa shape index (κ3) is 1.24. The van der Waals surface area contributed by atoms with Crippen LogP contribution >= 0.6 is 0 Å². The number of hydrogen-bond donors (Lipinski definition) is 1. The van der Waals surface area contributed by atoms with Crippen LogP contribution < -0.4 is 0 Å². The van der Waals surface area contributed by atoms with Crippen LogP contribution in [0.2, 0.25) is 0 Å². The molecule has 1 atom stereocenters. The van der Waals surface area contributed by atoms with E-state index >= 15 is 0 Å². The third-order valence-corrected chi connectivity index (χ3v) is 2.81. The predicted molar refractivity (Wildman–Crippen MR) is 56.1 cm³/mol. The zero-order chi connectivity index (χ0) is 10.3. The Morgan fingerprint density at radius 1 is 1.20 bits per heavy atom. The van der Waals surface area contributed by atoms with E-state index in [4.69, 9.17) is 0 Å². The Kier molecular flexibility index (Phi) is 1.79. The maximum Gasteiger partial charge on any atom is 0.115 e. The summed E-state index contributed by atoms with van der Waals surface area (Å²) in [6.45, 7) is 0. The van der Waals surface area contributed by atoms with Crippen molar-refractivity contribution >= 4 is 0 Å². The first-order chi connectivity index (χ1) is 7.36. The van der Waals surface area contributed by atoms with E-state index in [1.54, 1.807) is 12.4 Å². The van der Waals surface area contributed by atoms with Gasteiger partial charge in [0.2, 0.25) is 0 Å². The Morgan fingerprint density at radius 2 is 2.00 bits per heavy atom. The number of aliphatic hydroxyl groups excluding tert-OH is 1. The van der Waals surface area contributed by atoms with Crippen molar-refractivity contribution in [3.8, 4) is 11.1 Å². The fourth-order valence-corrected chi connectivity index (χ4v) is 2.05. The van der Waals surface area contributed by atoms with Crippen LogP contribution in [-0.4, -0.2) is 15.1 Å². The Morgan fingerprint density at radius 3 is 2.73 bits per heavy atom. The Bertz CT molecular complexity index is 496. The molecule has 1 aliphatic rings. The van der Waals surface area contributed by atoms with Crippen molar-refractivity contribution in [3.63, 3.8) is 0 Å². The largest absolute Gasteiger partial charge is 0.388 e. The molecule has 1 N–H and O–H groups in total. The maximum atomic E-state index is 9.70. The van der Waals surface area contributed by atoms with Crippen LogP contribution in [0.1, 0.15) is 17.2 Å². The normalized spacial score (nSPS) is 18.1. The summed E-state index contributed by atoms with van der Waals surface area (Å²) in [4.78, 5) is 7.98. The molecule has 2 aromatic rings. The highest BCUT2D eigenvalue weighted by atomic mass is 16.3. The van der Waals surface area contributed by atoms with Gasteiger partial charge >= 0.3 is 0 Å². The van der Waals surface area contributed by atoms with E-state index in [1.807, 2.05) is 12.1 Å². The van der Waals surface area contributed by atoms with Gasteiger partial charge < -0.3 is 5.11 Å². The van der Waals surface area contributed by atoms with Gasteiger partial charge in [-0.1, -0.05) is 18.2 Å². The molecule has 15 heavy (non-hydrogen) atoms. The van der Waals surface area contributed by atoms with Gasteiger partial charge in [0, 0.05) is 24.4 Å². The lowest BCUT2D eigenvalue weighted by Gasteiger charge is -2.28. The zero-order valence-electron chi connectivity index (χ0n) is 8.09. The van der Waals surface area contributed by atoms with E-state index in [9.17, 15) is 5.11 Å². The molecular formula is C12H10N2O. The topological polar surface area (TPSA) is 46.0 Å². The molecule has 0 fully saturated rings. The first-order valence-corrected chi connectivity index (χ1v) is 4.91. The summed E-state index contributed by atoms with van der Waals surface area (Å²) in [7, 11) is 0. The van der Waals surface area contributed by atoms with E-state index in [2.05, 4.69) is 16.0 Å². The highest BCUT2D eigenvalue weighted by Crippen LogP contribution is 2.39. The molecule has 0 bridgehead atoms. The molecule has 1 aromatic carbocycles. The second-order valence-electron chi connectivity index (χ2n) is 3.73. The number of aromatic nitrogens is 2. The van der Waals surface area contributed by atoms with Gasteiger partial charge in [-0.05, 0) is 16.7 Å². The molecule has 0 spiro atoms. The van der Waals surface area contributed by atoms with E-state index in [-0.39, 0.29) is 6.10 Å². The summed E-state index contributed by atoms with van der Waals surface area (Å²) >= 11 is 0. The second kappa shape index (κ2) is 3.14. The fourth-order valence-electron chi connectivity index (χ4n) is 2.05. The number of fused-ring (bicyclic) bond motifs is 1.